The number of rotatable bonds is 5. The number of aromatic nitrogens is 2. The average molecular weight is 497 g/mol. The fraction of sp³-hybridized carbons (Fsp3) is 0.308. The van der Waals surface area contributed by atoms with E-state index in [1.807, 2.05) is 48.5 Å². The zero-order valence-corrected chi connectivity index (χ0v) is 20.2. The van der Waals surface area contributed by atoms with Gasteiger partial charge in [0, 0.05) is 29.6 Å². The number of carbonyl (C=O) groups is 2. The van der Waals surface area contributed by atoms with Gasteiger partial charge in [0.2, 0.25) is 0 Å². The molecule has 1 heterocycles. The van der Waals surface area contributed by atoms with E-state index in [4.69, 9.17) is 27.2 Å². The SMILES string of the molecule is CNC(=O)c1cc(-c2ccccc2)nn(C2CCC(CN)(c3cccc(Cl)c3)CC2)c1=O.O=CO. The van der Waals surface area contributed by atoms with Crippen molar-refractivity contribution in [3.05, 3.63) is 87.2 Å². The molecule has 35 heavy (non-hydrogen) atoms. The third-order valence-corrected chi connectivity index (χ3v) is 6.80. The lowest BCUT2D eigenvalue weighted by Gasteiger charge is -2.40. The Labute approximate surface area is 208 Å². The maximum Gasteiger partial charge on any atom is 0.290 e. The van der Waals surface area contributed by atoms with E-state index in [1.54, 1.807) is 6.07 Å². The summed E-state index contributed by atoms with van der Waals surface area (Å²) >= 11 is 6.23. The first kappa shape index (κ1) is 26.1. The molecule has 1 aliphatic carbocycles. The highest BCUT2D eigenvalue weighted by Gasteiger charge is 2.37. The van der Waals surface area contributed by atoms with Crippen molar-refractivity contribution in [1.82, 2.24) is 15.1 Å². The van der Waals surface area contributed by atoms with E-state index in [2.05, 4.69) is 16.5 Å². The van der Waals surface area contributed by atoms with Gasteiger partial charge in [0.15, 0.2) is 0 Å². The van der Waals surface area contributed by atoms with Crippen molar-refractivity contribution >= 4 is 24.0 Å². The van der Waals surface area contributed by atoms with E-state index in [1.165, 1.54) is 11.7 Å². The molecule has 2 aromatic carbocycles. The second-order valence-corrected chi connectivity index (χ2v) is 8.91. The maximum absolute atomic E-state index is 13.2. The molecule has 4 rings (SSSR count). The van der Waals surface area contributed by atoms with Crippen molar-refractivity contribution in [1.29, 1.82) is 0 Å². The smallest absolute Gasteiger partial charge is 0.290 e. The highest BCUT2D eigenvalue weighted by molar-refractivity contribution is 6.30. The highest BCUT2D eigenvalue weighted by Crippen LogP contribution is 2.42. The minimum atomic E-state index is -0.408. The van der Waals surface area contributed by atoms with Gasteiger partial charge in [-0.05, 0) is 49.4 Å². The number of benzene rings is 2. The summed E-state index contributed by atoms with van der Waals surface area (Å²) in [5.41, 5.74) is 8.40. The first-order valence-corrected chi connectivity index (χ1v) is 11.7. The molecule has 1 fully saturated rings. The number of amides is 1. The summed E-state index contributed by atoms with van der Waals surface area (Å²) in [5.74, 6) is -0.408. The van der Waals surface area contributed by atoms with Crippen LogP contribution in [0.15, 0.2) is 65.5 Å². The minimum Gasteiger partial charge on any atom is -0.483 e. The third-order valence-electron chi connectivity index (χ3n) is 6.56. The van der Waals surface area contributed by atoms with Crippen LogP contribution in [0.2, 0.25) is 5.02 Å². The number of carboxylic acid groups (broad SMARTS) is 1. The van der Waals surface area contributed by atoms with Gasteiger partial charge in [0.25, 0.3) is 17.9 Å². The number of nitrogens with one attached hydrogen (secondary N) is 1. The molecule has 1 aliphatic rings. The molecule has 0 saturated heterocycles. The van der Waals surface area contributed by atoms with Crippen LogP contribution in [0.25, 0.3) is 11.3 Å². The van der Waals surface area contributed by atoms with E-state index < -0.39 is 5.91 Å². The summed E-state index contributed by atoms with van der Waals surface area (Å²) < 4.78 is 1.51. The summed E-state index contributed by atoms with van der Waals surface area (Å²) in [5, 5.41) is 14.8. The number of hydrogen-bond acceptors (Lipinski definition) is 5. The molecule has 1 amide bonds. The lowest BCUT2D eigenvalue weighted by Crippen LogP contribution is -2.42. The van der Waals surface area contributed by atoms with E-state index in [-0.39, 0.29) is 29.1 Å². The van der Waals surface area contributed by atoms with Gasteiger partial charge in [-0.1, -0.05) is 54.1 Å². The Morgan fingerprint density at radius 2 is 1.86 bits per heavy atom. The van der Waals surface area contributed by atoms with Crippen molar-refractivity contribution in [3.8, 4) is 11.3 Å². The highest BCUT2D eigenvalue weighted by atomic mass is 35.5. The predicted octanol–water partition coefficient (Wildman–Crippen LogP) is 3.64. The maximum atomic E-state index is 13.2. The van der Waals surface area contributed by atoms with Gasteiger partial charge in [0.05, 0.1) is 11.7 Å². The Hall–Kier alpha value is -3.49. The normalized spacial score (nSPS) is 19.2. The van der Waals surface area contributed by atoms with Crippen molar-refractivity contribution in [2.45, 2.75) is 37.1 Å². The topological polar surface area (TPSA) is 127 Å². The van der Waals surface area contributed by atoms with Gasteiger partial charge in [-0.3, -0.25) is 14.4 Å². The van der Waals surface area contributed by atoms with Gasteiger partial charge in [-0.2, -0.15) is 5.10 Å². The second kappa shape index (κ2) is 11.8. The lowest BCUT2D eigenvalue weighted by molar-refractivity contribution is -0.122. The first-order chi connectivity index (χ1) is 16.9. The van der Waals surface area contributed by atoms with Gasteiger partial charge < -0.3 is 16.2 Å². The Kier molecular flexibility index (Phi) is 8.78. The van der Waals surface area contributed by atoms with Crippen LogP contribution in [0.3, 0.4) is 0 Å². The van der Waals surface area contributed by atoms with Crippen molar-refractivity contribution in [2.24, 2.45) is 5.73 Å². The van der Waals surface area contributed by atoms with Crippen molar-refractivity contribution in [2.75, 3.05) is 13.6 Å². The summed E-state index contributed by atoms with van der Waals surface area (Å²) in [4.78, 5) is 34.0. The van der Waals surface area contributed by atoms with E-state index in [0.717, 1.165) is 36.8 Å². The first-order valence-electron chi connectivity index (χ1n) is 11.3. The Bertz CT molecular complexity index is 1220. The molecule has 0 bridgehead atoms. The molecule has 0 radical (unpaired) electrons. The summed E-state index contributed by atoms with van der Waals surface area (Å²) in [6, 6.07) is 18.9. The Morgan fingerprint density at radius 1 is 1.20 bits per heavy atom. The molecule has 3 aromatic rings. The predicted molar refractivity (Wildman–Crippen MR) is 136 cm³/mol. The number of carbonyl (C=O) groups excluding carboxylic acids is 1. The van der Waals surface area contributed by atoms with Gasteiger partial charge in [-0.15, -0.1) is 0 Å². The van der Waals surface area contributed by atoms with Crippen LogP contribution in [0.5, 0.6) is 0 Å². The fourth-order valence-corrected chi connectivity index (χ4v) is 4.83. The minimum absolute atomic E-state index is 0.103. The quantitative estimate of drug-likeness (QED) is 0.463. The molecule has 0 spiro atoms. The number of nitrogens with zero attached hydrogens (tertiary/aromatic N) is 2. The Morgan fingerprint density at radius 3 is 2.43 bits per heavy atom. The molecule has 0 aliphatic heterocycles. The van der Waals surface area contributed by atoms with Crippen LogP contribution in [0, 0.1) is 0 Å². The summed E-state index contributed by atoms with van der Waals surface area (Å²) in [7, 11) is 1.52. The molecule has 8 nitrogen and oxygen atoms in total. The largest absolute Gasteiger partial charge is 0.483 e. The van der Waals surface area contributed by atoms with Crippen molar-refractivity contribution in [3.63, 3.8) is 0 Å². The number of nitrogens with two attached hydrogens (primary N) is 1. The van der Waals surface area contributed by atoms with Crippen LogP contribution in [0.4, 0.5) is 0 Å². The summed E-state index contributed by atoms with van der Waals surface area (Å²) in [6.07, 6.45) is 3.10. The second-order valence-electron chi connectivity index (χ2n) is 8.47. The van der Waals surface area contributed by atoms with E-state index in [9.17, 15) is 9.59 Å². The molecule has 9 heteroatoms. The molecule has 0 unspecified atom stereocenters. The molecule has 1 saturated carbocycles. The van der Waals surface area contributed by atoms with Crippen LogP contribution in [-0.2, 0) is 10.2 Å². The van der Waals surface area contributed by atoms with Crippen molar-refractivity contribution < 1.29 is 14.7 Å². The number of halogens is 1. The summed E-state index contributed by atoms with van der Waals surface area (Å²) in [6.45, 7) is 0.260. The zero-order valence-electron chi connectivity index (χ0n) is 19.5. The van der Waals surface area contributed by atoms with Crippen LogP contribution in [0.1, 0.15) is 47.6 Å². The number of hydrogen-bond donors (Lipinski definition) is 3. The molecule has 1 aromatic heterocycles. The van der Waals surface area contributed by atoms with Crippen LogP contribution < -0.4 is 16.6 Å². The molecule has 0 atom stereocenters. The van der Waals surface area contributed by atoms with E-state index in [0.29, 0.717) is 17.3 Å². The van der Waals surface area contributed by atoms with Gasteiger partial charge >= 0.3 is 0 Å². The van der Waals surface area contributed by atoms with Crippen LogP contribution in [-0.4, -0.2) is 40.9 Å². The lowest BCUT2D eigenvalue weighted by atomic mass is 9.68. The molecule has 184 valence electrons. The van der Waals surface area contributed by atoms with E-state index >= 15 is 0 Å². The molecular weight excluding hydrogens is 468 g/mol. The van der Waals surface area contributed by atoms with Crippen LogP contribution >= 0.6 is 11.6 Å². The monoisotopic (exact) mass is 496 g/mol. The standard InChI is InChI=1S/C25H27ClN4O2.CH2O2/c1-28-23(31)21-15-22(17-6-3-2-4-7-17)29-30(24(21)32)20-10-12-25(16-27,13-11-20)18-8-5-9-19(26)14-18;2-1-3/h2-9,14-15,20H,10-13,16,27H2,1H3,(H,28,31);1H,(H,2,3). The average Bonchev–Trinajstić information content (AvgIpc) is 2.89. The zero-order chi connectivity index (χ0) is 25.4. The Balaban J connectivity index is 0.00000108. The van der Waals surface area contributed by atoms with Gasteiger partial charge in [-0.25, -0.2) is 4.68 Å². The third kappa shape index (κ3) is 5.78. The van der Waals surface area contributed by atoms with Gasteiger partial charge in [0.1, 0.15) is 5.56 Å². The molecular formula is C26H29ClN4O4. The molecule has 4 N–H and O–H groups in total. The fourth-order valence-electron chi connectivity index (χ4n) is 4.64.